The van der Waals surface area contributed by atoms with E-state index in [9.17, 15) is 13.2 Å². The number of nitrogens with one attached hydrogen (secondary N) is 1. The highest BCUT2D eigenvalue weighted by molar-refractivity contribution is 14.0. The van der Waals surface area contributed by atoms with Gasteiger partial charge in [-0.05, 0) is 50.5 Å². The van der Waals surface area contributed by atoms with Crippen molar-refractivity contribution in [2.24, 2.45) is 22.7 Å². The summed E-state index contributed by atoms with van der Waals surface area (Å²) in [4.78, 5) is 8.68. The fourth-order valence-corrected chi connectivity index (χ4v) is 4.68. The van der Waals surface area contributed by atoms with Gasteiger partial charge in [0.1, 0.15) is 0 Å². The number of nitrogens with zero attached hydrogens (tertiary/aromatic N) is 3. The largest absolute Gasteiger partial charge is 0.401 e. The van der Waals surface area contributed by atoms with Crippen LogP contribution in [-0.4, -0.2) is 67.7 Å². The molecule has 1 N–H and O–H groups in total. The van der Waals surface area contributed by atoms with Gasteiger partial charge in [-0.1, -0.05) is 12.8 Å². The Morgan fingerprint density at radius 3 is 2.31 bits per heavy atom. The van der Waals surface area contributed by atoms with Crippen molar-refractivity contribution in [2.45, 2.75) is 45.2 Å². The first-order valence-corrected chi connectivity index (χ1v) is 9.77. The number of hydrogen-bond acceptors (Lipinski definition) is 2. The molecule has 3 rings (SSSR count). The van der Waals surface area contributed by atoms with Crippen LogP contribution in [0.2, 0.25) is 0 Å². The first-order chi connectivity index (χ1) is 11.9. The number of guanidine groups is 1. The molecule has 26 heavy (non-hydrogen) atoms. The molecule has 2 heterocycles. The molecule has 3 fully saturated rings. The Kier molecular flexibility index (Phi) is 8.31. The fourth-order valence-electron chi connectivity index (χ4n) is 4.68. The molecule has 0 amide bonds. The van der Waals surface area contributed by atoms with Crippen LogP contribution >= 0.6 is 24.0 Å². The Hall–Kier alpha value is -0.250. The summed E-state index contributed by atoms with van der Waals surface area (Å²) in [5.41, 5.74) is 0. The van der Waals surface area contributed by atoms with Crippen molar-refractivity contribution in [3.63, 3.8) is 0 Å². The van der Waals surface area contributed by atoms with E-state index in [0.717, 1.165) is 43.9 Å². The Morgan fingerprint density at radius 2 is 1.73 bits per heavy atom. The third-order valence-corrected chi connectivity index (χ3v) is 5.88. The first-order valence-electron chi connectivity index (χ1n) is 9.77. The number of halogens is 4. The fraction of sp³-hybridized carbons (Fsp3) is 0.944. The van der Waals surface area contributed by atoms with E-state index in [2.05, 4.69) is 17.1 Å². The predicted molar refractivity (Wildman–Crippen MR) is 109 cm³/mol. The van der Waals surface area contributed by atoms with Gasteiger partial charge in [0.05, 0.1) is 6.54 Å². The van der Waals surface area contributed by atoms with Crippen molar-refractivity contribution in [3.05, 3.63) is 0 Å². The van der Waals surface area contributed by atoms with Crippen LogP contribution in [0.15, 0.2) is 4.99 Å². The van der Waals surface area contributed by atoms with Crippen LogP contribution < -0.4 is 5.32 Å². The van der Waals surface area contributed by atoms with Crippen LogP contribution in [0, 0.1) is 17.8 Å². The van der Waals surface area contributed by atoms with Gasteiger partial charge in [-0.3, -0.25) is 9.89 Å². The highest BCUT2D eigenvalue weighted by Gasteiger charge is 2.36. The maximum Gasteiger partial charge on any atom is 0.401 e. The molecule has 0 aromatic heterocycles. The second kappa shape index (κ2) is 9.80. The summed E-state index contributed by atoms with van der Waals surface area (Å²) >= 11 is 0. The van der Waals surface area contributed by atoms with Gasteiger partial charge in [-0.25, -0.2) is 0 Å². The summed E-state index contributed by atoms with van der Waals surface area (Å²) in [5.74, 6) is 2.80. The van der Waals surface area contributed by atoms with E-state index in [0.29, 0.717) is 19.6 Å². The second-order valence-corrected chi connectivity index (χ2v) is 7.91. The standard InChI is InChI=1S/C18H31F3N4.HI/c1-2-22-17(25-11-15-5-3-4-6-16(15)12-25)23-9-14-7-8-24(10-14)13-18(19,20)21;/h14-16H,2-13H2,1H3,(H,22,23);1H. The summed E-state index contributed by atoms with van der Waals surface area (Å²) in [5, 5.41) is 3.39. The average molecular weight is 488 g/mol. The van der Waals surface area contributed by atoms with E-state index in [1.54, 1.807) is 0 Å². The molecular weight excluding hydrogens is 456 g/mol. The van der Waals surface area contributed by atoms with E-state index >= 15 is 0 Å². The minimum absolute atomic E-state index is 0. The zero-order chi connectivity index (χ0) is 17.9. The summed E-state index contributed by atoms with van der Waals surface area (Å²) in [6.45, 7) is 5.95. The van der Waals surface area contributed by atoms with E-state index < -0.39 is 12.7 Å². The van der Waals surface area contributed by atoms with Gasteiger partial charge in [-0.15, -0.1) is 24.0 Å². The molecule has 0 bridgehead atoms. The normalized spacial score (nSPS) is 30.2. The maximum absolute atomic E-state index is 12.5. The summed E-state index contributed by atoms with van der Waals surface area (Å²) in [6.07, 6.45) is 2.06. The minimum Gasteiger partial charge on any atom is -0.357 e. The van der Waals surface area contributed by atoms with Gasteiger partial charge in [-0.2, -0.15) is 13.2 Å². The predicted octanol–water partition coefficient (Wildman–Crippen LogP) is 3.58. The Labute approximate surface area is 172 Å². The molecule has 1 saturated carbocycles. The number of hydrogen-bond donors (Lipinski definition) is 1. The summed E-state index contributed by atoms with van der Waals surface area (Å²) in [6, 6.07) is 0. The smallest absolute Gasteiger partial charge is 0.357 e. The van der Waals surface area contributed by atoms with Gasteiger partial charge in [0.25, 0.3) is 0 Å². The molecule has 8 heteroatoms. The van der Waals surface area contributed by atoms with Gasteiger partial charge >= 0.3 is 6.18 Å². The third kappa shape index (κ3) is 6.14. The zero-order valence-corrected chi connectivity index (χ0v) is 17.9. The lowest BCUT2D eigenvalue weighted by Crippen LogP contribution is -2.40. The van der Waals surface area contributed by atoms with Crippen molar-refractivity contribution in [1.29, 1.82) is 0 Å². The molecular formula is C18H32F3IN4. The van der Waals surface area contributed by atoms with Crippen molar-refractivity contribution in [2.75, 3.05) is 45.8 Å². The van der Waals surface area contributed by atoms with Crippen LogP contribution in [0.5, 0.6) is 0 Å². The van der Waals surface area contributed by atoms with Gasteiger partial charge < -0.3 is 10.2 Å². The quantitative estimate of drug-likeness (QED) is 0.373. The van der Waals surface area contributed by atoms with E-state index in [1.165, 1.54) is 30.6 Å². The van der Waals surface area contributed by atoms with Crippen LogP contribution in [0.1, 0.15) is 39.0 Å². The molecule has 0 aromatic carbocycles. The average Bonchev–Trinajstić information content (AvgIpc) is 3.16. The zero-order valence-electron chi connectivity index (χ0n) is 15.6. The van der Waals surface area contributed by atoms with Crippen molar-refractivity contribution in [3.8, 4) is 0 Å². The molecule has 3 aliphatic rings. The van der Waals surface area contributed by atoms with Gasteiger partial charge in [0.2, 0.25) is 0 Å². The number of likely N-dealkylation sites (tertiary alicyclic amines) is 2. The molecule has 0 spiro atoms. The van der Waals surface area contributed by atoms with Crippen LogP contribution in [0.25, 0.3) is 0 Å². The molecule has 0 radical (unpaired) electrons. The second-order valence-electron chi connectivity index (χ2n) is 7.91. The summed E-state index contributed by atoms with van der Waals surface area (Å²) < 4.78 is 37.5. The summed E-state index contributed by atoms with van der Waals surface area (Å²) in [7, 11) is 0. The van der Waals surface area contributed by atoms with Crippen molar-refractivity contribution < 1.29 is 13.2 Å². The Balaban J connectivity index is 0.00000243. The van der Waals surface area contributed by atoms with Crippen LogP contribution in [0.3, 0.4) is 0 Å². The van der Waals surface area contributed by atoms with E-state index in [-0.39, 0.29) is 29.9 Å². The molecule has 2 saturated heterocycles. The highest BCUT2D eigenvalue weighted by atomic mass is 127. The molecule has 2 aliphatic heterocycles. The van der Waals surface area contributed by atoms with E-state index in [1.807, 2.05) is 0 Å². The topological polar surface area (TPSA) is 30.9 Å². The molecule has 3 atom stereocenters. The molecule has 1 aliphatic carbocycles. The monoisotopic (exact) mass is 488 g/mol. The number of fused-ring (bicyclic) bond motifs is 1. The lowest BCUT2D eigenvalue weighted by atomic mass is 9.82. The van der Waals surface area contributed by atoms with Gasteiger partial charge in [0.15, 0.2) is 5.96 Å². The van der Waals surface area contributed by atoms with Crippen molar-refractivity contribution in [1.82, 2.24) is 15.1 Å². The number of rotatable bonds is 4. The Morgan fingerprint density at radius 1 is 1.08 bits per heavy atom. The lowest BCUT2D eigenvalue weighted by molar-refractivity contribution is -0.143. The Bertz CT molecular complexity index is 458. The van der Waals surface area contributed by atoms with Crippen molar-refractivity contribution >= 4 is 29.9 Å². The number of alkyl halides is 3. The van der Waals surface area contributed by atoms with Crippen LogP contribution in [-0.2, 0) is 0 Å². The molecule has 4 nitrogen and oxygen atoms in total. The minimum atomic E-state index is -4.10. The SMILES string of the molecule is CCNC(=NCC1CCN(CC(F)(F)F)C1)N1CC2CCCCC2C1.I. The molecule has 0 aromatic rings. The van der Waals surface area contributed by atoms with E-state index in [4.69, 9.17) is 4.99 Å². The molecule has 3 unspecified atom stereocenters. The van der Waals surface area contributed by atoms with Crippen LogP contribution in [0.4, 0.5) is 13.2 Å². The highest BCUT2D eigenvalue weighted by Crippen LogP contribution is 2.36. The third-order valence-electron chi connectivity index (χ3n) is 5.88. The van der Waals surface area contributed by atoms with Gasteiger partial charge in [0, 0.05) is 32.7 Å². The molecule has 152 valence electrons. The number of aliphatic imine (C=N–C) groups is 1. The first kappa shape index (κ1) is 22.0. The maximum atomic E-state index is 12.5. The lowest BCUT2D eigenvalue weighted by Gasteiger charge is -2.22.